The van der Waals surface area contributed by atoms with Gasteiger partial charge in [0.25, 0.3) is 0 Å². The van der Waals surface area contributed by atoms with E-state index in [1.807, 2.05) is 0 Å². The molecular weight excluding hydrogens is 464 g/mol. The molecule has 0 spiro atoms. The summed E-state index contributed by atoms with van der Waals surface area (Å²) in [5.74, 6) is 0. The van der Waals surface area contributed by atoms with E-state index in [4.69, 9.17) is 0 Å². The van der Waals surface area contributed by atoms with Crippen LogP contribution >= 0.6 is 11.8 Å². The first kappa shape index (κ1) is 33.6. The molecule has 2 fully saturated rings. The van der Waals surface area contributed by atoms with Gasteiger partial charge in [0.1, 0.15) is 0 Å². The summed E-state index contributed by atoms with van der Waals surface area (Å²) < 4.78 is 1.23. The summed E-state index contributed by atoms with van der Waals surface area (Å²) in [6, 6.07) is 0. The first-order valence-electron chi connectivity index (χ1n) is 17.9. The van der Waals surface area contributed by atoms with Gasteiger partial charge in [-0.25, -0.2) is 0 Å². The van der Waals surface area contributed by atoms with Gasteiger partial charge in [0.2, 0.25) is 0 Å². The van der Waals surface area contributed by atoms with Crippen LogP contribution in [0.25, 0.3) is 0 Å². The number of unbranched alkanes of at least 4 members (excludes halogenated alkanes) is 14. The van der Waals surface area contributed by atoms with Crippen molar-refractivity contribution in [3.8, 4) is 0 Å². The summed E-state index contributed by atoms with van der Waals surface area (Å²) in [4.78, 5) is 0. The molecule has 0 amide bonds. The van der Waals surface area contributed by atoms with E-state index in [1.54, 1.807) is 0 Å². The van der Waals surface area contributed by atoms with Crippen LogP contribution in [0.15, 0.2) is 0 Å². The molecule has 0 bridgehead atoms. The molecule has 220 valence electrons. The summed E-state index contributed by atoms with van der Waals surface area (Å²) in [6.45, 7) is 4.67. The fourth-order valence-corrected chi connectivity index (χ4v) is 9.92. The average Bonchev–Trinajstić information content (AvgIpc) is 2.87. The second-order valence-corrected chi connectivity index (χ2v) is 15.4. The van der Waals surface area contributed by atoms with Crippen molar-refractivity contribution in [2.45, 2.75) is 229 Å². The van der Waals surface area contributed by atoms with E-state index in [-0.39, 0.29) is 0 Å². The number of hydrogen-bond acceptors (Lipinski definition) is 1. The topological polar surface area (TPSA) is 0 Å². The lowest BCUT2D eigenvalue weighted by Gasteiger charge is -2.46. The van der Waals surface area contributed by atoms with Crippen LogP contribution in [0.1, 0.15) is 219 Å². The number of thioether (sulfide) groups is 1. The van der Waals surface area contributed by atoms with Crippen LogP contribution in [0.5, 0.6) is 0 Å². The molecule has 2 saturated carbocycles. The second kappa shape index (κ2) is 22.1. The molecule has 0 unspecified atom stereocenters. The molecule has 0 aromatic heterocycles. The maximum Gasteiger partial charge on any atom is 0.0165 e. The monoisotopic (exact) mass is 535 g/mol. The fraction of sp³-hybridized carbons (Fsp3) is 1.00. The summed E-state index contributed by atoms with van der Waals surface area (Å²) >= 11 is 2.63. The minimum absolute atomic E-state index is 0.613. The first-order valence-corrected chi connectivity index (χ1v) is 18.8. The Labute approximate surface area is 240 Å². The van der Waals surface area contributed by atoms with Crippen molar-refractivity contribution in [1.82, 2.24) is 0 Å². The summed E-state index contributed by atoms with van der Waals surface area (Å²) in [5.41, 5.74) is 0. The molecule has 0 aromatic rings. The molecule has 2 aliphatic carbocycles. The smallest absolute Gasteiger partial charge is 0.0165 e. The summed E-state index contributed by atoms with van der Waals surface area (Å²) in [7, 11) is 0. The van der Waals surface area contributed by atoms with Crippen LogP contribution in [0.4, 0.5) is 0 Å². The van der Waals surface area contributed by atoms with E-state index in [9.17, 15) is 0 Å². The Bertz CT molecular complexity index is 437. The summed E-state index contributed by atoms with van der Waals surface area (Å²) in [6.07, 6.45) is 47.8. The lowest BCUT2D eigenvalue weighted by atomic mass is 9.85. The lowest BCUT2D eigenvalue weighted by molar-refractivity contribution is 0.352. The SMILES string of the molecule is CCCCCCCCCCC1(SC2(CCCCCCCCCC)CCCCCCC2)CCCCCCC1. The van der Waals surface area contributed by atoms with Crippen molar-refractivity contribution in [2.75, 3.05) is 0 Å². The zero-order valence-electron chi connectivity index (χ0n) is 26.0. The van der Waals surface area contributed by atoms with Gasteiger partial charge in [0.15, 0.2) is 0 Å². The van der Waals surface area contributed by atoms with Crippen molar-refractivity contribution in [1.29, 1.82) is 0 Å². The Morgan fingerprint density at radius 2 is 0.622 bits per heavy atom. The van der Waals surface area contributed by atoms with Crippen LogP contribution in [-0.4, -0.2) is 9.49 Å². The average molecular weight is 535 g/mol. The van der Waals surface area contributed by atoms with Crippen LogP contribution in [0.2, 0.25) is 0 Å². The molecule has 2 aliphatic rings. The van der Waals surface area contributed by atoms with E-state index in [2.05, 4.69) is 25.6 Å². The van der Waals surface area contributed by atoms with Crippen molar-refractivity contribution in [3.63, 3.8) is 0 Å². The molecule has 0 aliphatic heterocycles. The lowest BCUT2D eigenvalue weighted by Crippen LogP contribution is -2.37. The molecule has 0 atom stereocenters. The number of rotatable bonds is 20. The zero-order valence-corrected chi connectivity index (χ0v) is 26.9. The van der Waals surface area contributed by atoms with Gasteiger partial charge < -0.3 is 0 Å². The predicted octanol–water partition coefficient (Wildman–Crippen LogP) is 13.7. The van der Waals surface area contributed by atoms with Crippen LogP contribution in [0.3, 0.4) is 0 Å². The highest BCUT2D eigenvalue weighted by atomic mass is 32.2. The summed E-state index contributed by atoms with van der Waals surface area (Å²) in [5, 5.41) is 0. The van der Waals surface area contributed by atoms with Gasteiger partial charge in [-0.15, -0.1) is 11.8 Å². The molecule has 0 N–H and O–H groups in total. The minimum Gasteiger partial charge on any atom is -0.148 e. The van der Waals surface area contributed by atoms with Gasteiger partial charge >= 0.3 is 0 Å². The van der Waals surface area contributed by atoms with Crippen molar-refractivity contribution in [2.24, 2.45) is 0 Å². The highest BCUT2D eigenvalue weighted by Gasteiger charge is 2.40. The third-order valence-corrected chi connectivity index (χ3v) is 12.0. The Balaban J connectivity index is 1.94. The van der Waals surface area contributed by atoms with Crippen LogP contribution in [0, 0.1) is 0 Å². The molecule has 0 heterocycles. The Kier molecular flexibility index (Phi) is 20.0. The molecule has 1 heteroatoms. The van der Waals surface area contributed by atoms with E-state index >= 15 is 0 Å². The highest BCUT2D eigenvalue weighted by molar-refractivity contribution is 8.02. The molecule has 2 rings (SSSR count). The minimum atomic E-state index is 0.613. The van der Waals surface area contributed by atoms with Gasteiger partial charge in [0.05, 0.1) is 0 Å². The van der Waals surface area contributed by atoms with Gasteiger partial charge in [-0.1, -0.05) is 181 Å². The zero-order chi connectivity index (χ0) is 26.3. The Morgan fingerprint density at radius 1 is 0.351 bits per heavy atom. The van der Waals surface area contributed by atoms with Gasteiger partial charge in [-0.3, -0.25) is 0 Å². The van der Waals surface area contributed by atoms with Crippen LogP contribution < -0.4 is 0 Å². The van der Waals surface area contributed by atoms with E-state index in [1.165, 1.54) is 205 Å². The molecule has 0 nitrogen and oxygen atoms in total. The van der Waals surface area contributed by atoms with Crippen molar-refractivity contribution in [3.05, 3.63) is 0 Å². The normalized spacial score (nSPS) is 20.6. The maximum absolute atomic E-state index is 2.63. The Hall–Kier alpha value is 0.350. The van der Waals surface area contributed by atoms with Crippen LogP contribution in [-0.2, 0) is 0 Å². The van der Waals surface area contributed by atoms with E-state index in [0.29, 0.717) is 9.49 Å². The van der Waals surface area contributed by atoms with Gasteiger partial charge in [-0.05, 0) is 38.5 Å². The molecular formula is C36H70S. The quantitative estimate of drug-likeness (QED) is 0.140. The molecule has 37 heavy (non-hydrogen) atoms. The number of hydrogen-bond donors (Lipinski definition) is 0. The van der Waals surface area contributed by atoms with E-state index in [0.717, 1.165) is 0 Å². The highest BCUT2D eigenvalue weighted by Crippen LogP contribution is 2.54. The molecule has 0 aromatic carbocycles. The third kappa shape index (κ3) is 15.7. The second-order valence-electron chi connectivity index (χ2n) is 13.5. The van der Waals surface area contributed by atoms with Crippen molar-refractivity contribution >= 4 is 11.8 Å². The van der Waals surface area contributed by atoms with Crippen molar-refractivity contribution < 1.29 is 0 Å². The molecule has 0 radical (unpaired) electrons. The van der Waals surface area contributed by atoms with E-state index < -0.39 is 0 Å². The standard InChI is InChI=1S/C36H70S/c1-3-5-7-9-11-13-17-23-29-35(31-25-19-15-20-26-32-35)37-36(33-27-21-16-22-28-34-36)30-24-18-14-12-10-8-6-4-2/h3-34H2,1-2H3. The van der Waals surface area contributed by atoms with Gasteiger partial charge in [0, 0.05) is 9.49 Å². The Morgan fingerprint density at radius 3 is 0.946 bits per heavy atom. The molecule has 0 saturated heterocycles. The van der Waals surface area contributed by atoms with Gasteiger partial charge in [-0.2, -0.15) is 0 Å². The third-order valence-electron chi connectivity index (χ3n) is 9.93. The largest absolute Gasteiger partial charge is 0.148 e. The maximum atomic E-state index is 2.63. The first-order chi connectivity index (χ1) is 18.2. The predicted molar refractivity (Wildman–Crippen MR) is 172 cm³/mol. The fourth-order valence-electron chi connectivity index (χ4n) is 7.53.